The minimum absolute atomic E-state index is 0.138. The van der Waals surface area contributed by atoms with E-state index in [0.29, 0.717) is 28.5 Å². The van der Waals surface area contributed by atoms with Crippen molar-refractivity contribution in [2.24, 2.45) is 10.2 Å². The van der Waals surface area contributed by atoms with E-state index in [2.05, 4.69) is 10.2 Å². The lowest BCUT2D eigenvalue weighted by Gasteiger charge is -2.04. The zero-order valence-corrected chi connectivity index (χ0v) is 11.8. The quantitative estimate of drug-likeness (QED) is 0.410. The van der Waals surface area contributed by atoms with Gasteiger partial charge >= 0.3 is 5.63 Å². The summed E-state index contributed by atoms with van der Waals surface area (Å²) in [6.45, 7) is 1.76. The first kappa shape index (κ1) is 13.9. The van der Waals surface area contributed by atoms with Crippen molar-refractivity contribution in [2.75, 3.05) is 0 Å². The second-order valence-corrected chi connectivity index (χ2v) is 4.74. The Bertz CT molecular complexity index is 928. The number of nitrogens with zero attached hydrogens (tertiary/aromatic N) is 2. The molecule has 0 radical (unpaired) electrons. The summed E-state index contributed by atoms with van der Waals surface area (Å²) in [5, 5.41) is 8.73. The van der Waals surface area contributed by atoms with Crippen LogP contribution < -0.4 is 5.63 Å². The average Bonchev–Trinajstić information content (AvgIpc) is 2.55. The molecule has 3 aromatic rings. The van der Waals surface area contributed by atoms with E-state index in [0.717, 1.165) is 0 Å². The van der Waals surface area contributed by atoms with Gasteiger partial charge in [0.1, 0.15) is 5.58 Å². The number of aldehydes is 1. The van der Waals surface area contributed by atoms with Gasteiger partial charge in [-0.3, -0.25) is 4.79 Å². The summed E-state index contributed by atoms with van der Waals surface area (Å²) in [6.07, 6.45) is 0.663. The van der Waals surface area contributed by atoms with Crippen LogP contribution in [0.15, 0.2) is 68.0 Å². The van der Waals surface area contributed by atoms with Gasteiger partial charge in [0.05, 0.1) is 11.3 Å². The van der Waals surface area contributed by atoms with E-state index in [9.17, 15) is 9.59 Å². The minimum atomic E-state index is -0.612. The number of carbonyl (C=O) groups is 1. The Labute approximate surface area is 125 Å². The van der Waals surface area contributed by atoms with Crippen LogP contribution in [0.25, 0.3) is 11.0 Å². The van der Waals surface area contributed by atoms with Crippen LogP contribution in [0.5, 0.6) is 0 Å². The van der Waals surface area contributed by atoms with Gasteiger partial charge in [0, 0.05) is 5.39 Å². The third-order valence-corrected chi connectivity index (χ3v) is 3.34. The molecule has 0 spiro atoms. The molecule has 0 unspecified atom stereocenters. The van der Waals surface area contributed by atoms with Crippen LogP contribution in [0, 0.1) is 6.92 Å². The Morgan fingerprint density at radius 1 is 1.00 bits per heavy atom. The molecule has 5 heteroatoms. The number of fused-ring (bicyclic) bond motifs is 1. The fraction of sp³-hybridized carbons (Fsp3) is 0.0588. The van der Waals surface area contributed by atoms with Gasteiger partial charge in [-0.25, -0.2) is 4.79 Å². The highest BCUT2D eigenvalue weighted by atomic mass is 16.4. The molecule has 0 N–H and O–H groups in total. The molecule has 1 aromatic heterocycles. The van der Waals surface area contributed by atoms with Crippen molar-refractivity contribution in [3.8, 4) is 0 Å². The van der Waals surface area contributed by atoms with E-state index < -0.39 is 5.63 Å². The van der Waals surface area contributed by atoms with E-state index in [-0.39, 0.29) is 11.3 Å². The van der Waals surface area contributed by atoms with E-state index in [1.165, 1.54) is 0 Å². The highest BCUT2D eigenvalue weighted by Gasteiger charge is 2.13. The largest absolute Gasteiger partial charge is 0.420 e. The number of hydrogen-bond acceptors (Lipinski definition) is 5. The van der Waals surface area contributed by atoms with Crippen molar-refractivity contribution in [1.29, 1.82) is 0 Å². The maximum atomic E-state index is 12.1. The molecule has 3 rings (SSSR count). The Hall–Kier alpha value is -3.08. The Morgan fingerprint density at radius 3 is 2.50 bits per heavy atom. The lowest BCUT2D eigenvalue weighted by Crippen LogP contribution is -2.02. The van der Waals surface area contributed by atoms with E-state index in [1.807, 2.05) is 18.2 Å². The van der Waals surface area contributed by atoms with Gasteiger partial charge in [-0.1, -0.05) is 30.3 Å². The SMILES string of the molecule is Cc1c(N=Nc2ccccc2)c(=O)oc2c(C=O)cccc12. The van der Waals surface area contributed by atoms with Crippen LogP contribution in [-0.4, -0.2) is 6.29 Å². The number of azo groups is 1. The first-order valence-electron chi connectivity index (χ1n) is 6.69. The van der Waals surface area contributed by atoms with Crippen LogP contribution in [0.2, 0.25) is 0 Å². The van der Waals surface area contributed by atoms with Gasteiger partial charge in [-0.15, -0.1) is 5.11 Å². The molecule has 0 aliphatic carbocycles. The number of carbonyl (C=O) groups excluding carboxylic acids is 1. The molecule has 0 atom stereocenters. The van der Waals surface area contributed by atoms with Crippen molar-refractivity contribution in [2.45, 2.75) is 6.92 Å². The maximum Gasteiger partial charge on any atom is 0.364 e. The van der Waals surface area contributed by atoms with Gasteiger partial charge in [0.25, 0.3) is 0 Å². The zero-order chi connectivity index (χ0) is 15.5. The van der Waals surface area contributed by atoms with Crippen molar-refractivity contribution in [3.05, 3.63) is 70.1 Å². The summed E-state index contributed by atoms with van der Waals surface area (Å²) in [5.74, 6) is 0. The van der Waals surface area contributed by atoms with Crippen LogP contribution in [-0.2, 0) is 0 Å². The van der Waals surface area contributed by atoms with Crippen molar-refractivity contribution < 1.29 is 9.21 Å². The molecule has 0 bridgehead atoms. The van der Waals surface area contributed by atoms with Gasteiger partial charge in [0.15, 0.2) is 12.0 Å². The topological polar surface area (TPSA) is 72.0 Å². The Kier molecular flexibility index (Phi) is 3.62. The summed E-state index contributed by atoms with van der Waals surface area (Å²) in [5.41, 5.74) is 1.42. The standard InChI is InChI=1S/C17H12N2O3/c1-11-14-9-5-6-12(10-20)16(14)22-17(21)15(11)19-18-13-7-3-2-4-8-13/h2-10H,1H3. The maximum absolute atomic E-state index is 12.1. The predicted molar refractivity (Wildman–Crippen MR) is 83.2 cm³/mol. The molecule has 0 saturated carbocycles. The molecule has 0 fully saturated rings. The smallest absolute Gasteiger partial charge is 0.364 e. The van der Waals surface area contributed by atoms with Crippen LogP contribution >= 0.6 is 0 Å². The normalized spacial score (nSPS) is 11.1. The summed E-state index contributed by atoms with van der Waals surface area (Å²) in [6, 6.07) is 14.2. The molecule has 0 amide bonds. The van der Waals surface area contributed by atoms with Crippen LogP contribution in [0.3, 0.4) is 0 Å². The first-order valence-corrected chi connectivity index (χ1v) is 6.69. The summed E-state index contributed by atoms with van der Waals surface area (Å²) >= 11 is 0. The molecule has 1 heterocycles. The van der Waals surface area contributed by atoms with Gasteiger partial charge in [0.2, 0.25) is 0 Å². The Morgan fingerprint density at radius 2 is 1.77 bits per heavy atom. The molecule has 0 saturated heterocycles. The Balaban J connectivity index is 2.17. The van der Waals surface area contributed by atoms with Crippen LogP contribution in [0.1, 0.15) is 15.9 Å². The fourth-order valence-corrected chi connectivity index (χ4v) is 2.20. The molecule has 2 aromatic carbocycles. The number of rotatable bonds is 3. The number of aryl methyl sites for hydroxylation is 1. The van der Waals surface area contributed by atoms with Crippen LogP contribution in [0.4, 0.5) is 11.4 Å². The van der Waals surface area contributed by atoms with Gasteiger partial charge in [-0.2, -0.15) is 5.11 Å². The zero-order valence-electron chi connectivity index (χ0n) is 11.8. The molecule has 22 heavy (non-hydrogen) atoms. The number of benzene rings is 2. The van der Waals surface area contributed by atoms with Crippen molar-refractivity contribution in [3.63, 3.8) is 0 Å². The molecule has 0 aliphatic heterocycles. The molecule has 0 aliphatic rings. The third-order valence-electron chi connectivity index (χ3n) is 3.34. The highest BCUT2D eigenvalue weighted by Crippen LogP contribution is 2.27. The fourth-order valence-electron chi connectivity index (χ4n) is 2.20. The molecule has 108 valence electrons. The molecular formula is C17H12N2O3. The summed E-state index contributed by atoms with van der Waals surface area (Å²) in [4.78, 5) is 23.1. The van der Waals surface area contributed by atoms with E-state index in [1.54, 1.807) is 37.3 Å². The third kappa shape index (κ3) is 2.44. The first-order chi connectivity index (χ1) is 10.7. The average molecular weight is 292 g/mol. The summed E-state index contributed by atoms with van der Waals surface area (Å²) in [7, 11) is 0. The minimum Gasteiger partial charge on any atom is -0.420 e. The highest BCUT2D eigenvalue weighted by molar-refractivity contribution is 5.96. The summed E-state index contributed by atoms with van der Waals surface area (Å²) < 4.78 is 5.24. The molecule has 5 nitrogen and oxygen atoms in total. The lowest BCUT2D eigenvalue weighted by atomic mass is 10.1. The predicted octanol–water partition coefficient (Wildman–Crippen LogP) is 4.33. The van der Waals surface area contributed by atoms with Crippen molar-refractivity contribution in [1.82, 2.24) is 0 Å². The van der Waals surface area contributed by atoms with Gasteiger partial charge in [-0.05, 0) is 30.7 Å². The monoisotopic (exact) mass is 292 g/mol. The molecular weight excluding hydrogens is 280 g/mol. The van der Waals surface area contributed by atoms with E-state index >= 15 is 0 Å². The van der Waals surface area contributed by atoms with Crippen molar-refractivity contribution >= 4 is 28.6 Å². The number of para-hydroxylation sites is 1. The van der Waals surface area contributed by atoms with E-state index in [4.69, 9.17) is 4.42 Å². The number of hydrogen-bond donors (Lipinski definition) is 0. The second kappa shape index (κ2) is 5.73. The van der Waals surface area contributed by atoms with Gasteiger partial charge < -0.3 is 4.42 Å². The second-order valence-electron chi connectivity index (χ2n) is 4.74. The lowest BCUT2D eigenvalue weighted by molar-refractivity contribution is 0.112.